The second-order valence-corrected chi connectivity index (χ2v) is 5.56. The van der Waals surface area contributed by atoms with Gasteiger partial charge in [0.2, 0.25) is 0 Å². The van der Waals surface area contributed by atoms with Crippen LogP contribution in [0.3, 0.4) is 0 Å². The fourth-order valence-electron chi connectivity index (χ4n) is 2.59. The predicted molar refractivity (Wildman–Crippen MR) is 96.6 cm³/mol. The zero-order valence-corrected chi connectivity index (χ0v) is 13.8. The number of pyridine rings is 2. The van der Waals surface area contributed by atoms with Crippen molar-refractivity contribution in [1.82, 2.24) is 9.97 Å². The minimum Gasteiger partial charge on any atom is -0.289 e. The van der Waals surface area contributed by atoms with E-state index in [1.54, 1.807) is 36.9 Å². The van der Waals surface area contributed by atoms with Gasteiger partial charge in [0.05, 0.1) is 0 Å². The molecule has 0 saturated heterocycles. The van der Waals surface area contributed by atoms with Crippen LogP contribution in [0.1, 0.15) is 28.4 Å². The highest BCUT2D eigenvalue weighted by atomic mass is 19.1. The summed E-state index contributed by atoms with van der Waals surface area (Å²) in [5.74, 6) is -0.527. The van der Waals surface area contributed by atoms with Crippen molar-refractivity contribution in [3.8, 4) is 11.1 Å². The Morgan fingerprint density at radius 2 is 1.80 bits per heavy atom. The molecule has 0 fully saturated rings. The Balaban J connectivity index is 1.83. The maximum absolute atomic E-state index is 14.3. The summed E-state index contributed by atoms with van der Waals surface area (Å²) >= 11 is 0. The van der Waals surface area contributed by atoms with Gasteiger partial charge in [-0.25, -0.2) is 4.39 Å². The Morgan fingerprint density at radius 1 is 1.04 bits per heavy atom. The van der Waals surface area contributed by atoms with Crippen molar-refractivity contribution in [2.75, 3.05) is 0 Å². The number of halogens is 1. The normalized spacial score (nSPS) is 11.0. The molecule has 0 aliphatic heterocycles. The first-order valence-electron chi connectivity index (χ1n) is 8.04. The van der Waals surface area contributed by atoms with Crippen LogP contribution < -0.4 is 0 Å². The molecule has 3 nitrogen and oxygen atoms in total. The van der Waals surface area contributed by atoms with Gasteiger partial charge >= 0.3 is 0 Å². The maximum Gasteiger partial charge on any atom is 0.186 e. The maximum atomic E-state index is 14.3. The van der Waals surface area contributed by atoms with Gasteiger partial charge in [0.15, 0.2) is 5.78 Å². The molecule has 0 bridgehead atoms. The second kappa shape index (κ2) is 7.62. The first-order chi connectivity index (χ1) is 12.2. The van der Waals surface area contributed by atoms with Crippen molar-refractivity contribution in [2.24, 2.45) is 0 Å². The standard InChI is InChI=1S/C21H17FN2O/c1-2-15-14-24-12-9-19(15)21(25)6-5-17-3-4-18(13-20(17)22)16-7-10-23-11-8-16/h3-14H,2H2,1H3/b6-5+. The topological polar surface area (TPSA) is 42.9 Å². The number of carbonyl (C=O) groups is 1. The number of nitrogens with zero attached hydrogens (tertiary/aromatic N) is 2. The lowest BCUT2D eigenvalue weighted by atomic mass is 10.0. The number of aryl methyl sites for hydroxylation is 1. The molecule has 4 heteroatoms. The summed E-state index contributed by atoms with van der Waals surface area (Å²) in [6.45, 7) is 1.97. The van der Waals surface area contributed by atoms with E-state index in [0.717, 1.165) is 23.1 Å². The number of rotatable bonds is 5. The molecule has 0 atom stereocenters. The van der Waals surface area contributed by atoms with E-state index in [1.807, 2.05) is 25.1 Å². The molecule has 1 aromatic carbocycles. The Hall–Kier alpha value is -3.14. The molecular weight excluding hydrogens is 315 g/mol. The molecule has 25 heavy (non-hydrogen) atoms. The van der Waals surface area contributed by atoms with Gasteiger partial charge in [-0.05, 0) is 59.5 Å². The SMILES string of the molecule is CCc1cnccc1C(=O)/C=C/c1ccc(-c2ccncc2)cc1F. The summed E-state index contributed by atoms with van der Waals surface area (Å²) in [7, 11) is 0. The number of allylic oxidation sites excluding steroid dienone is 1. The van der Waals surface area contributed by atoms with Crippen molar-refractivity contribution in [1.29, 1.82) is 0 Å². The molecule has 2 heterocycles. The van der Waals surface area contributed by atoms with E-state index in [4.69, 9.17) is 0 Å². The molecule has 3 rings (SSSR count). The van der Waals surface area contributed by atoms with Gasteiger partial charge in [-0.2, -0.15) is 0 Å². The number of benzene rings is 1. The highest BCUT2D eigenvalue weighted by Gasteiger charge is 2.08. The molecule has 0 N–H and O–H groups in total. The van der Waals surface area contributed by atoms with Crippen molar-refractivity contribution < 1.29 is 9.18 Å². The summed E-state index contributed by atoms with van der Waals surface area (Å²) in [6, 6.07) is 10.3. The number of carbonyl (C=O) groups excluding carboxylic acids is 1. The first kappa shape index (κ1) is 16.7. The highest BCUT2D eigenvalue weighted by molar-refractivity contribution is 6.07. The van der Waals surface area contributed by atoms with E-state index in [0.29, 0.717) is 11.1 Å². The van der Waals surface area contributed by atoms with Crippen LogP contribution in [0.4, 0.5) is 4.39 Å². The zero-order chi connectivity index (χ0) is 17.6. The zero-order valence-electron chi connectivity index (χ0n) is 13.8. The van der Waals surface area contributed by atoms with Gasteiger partial charge in [-0.1, -0.05) is 19.1 Å². The van der Waals surface area contributed by atoms with E-state index in [1.165, 1.54) is 18.2 Å². The summed E-state index contributed by atoms with van der Waals surface area (Å²) in [5.41, 5.74) is 3.52. The lowest BCUT2D eigenvalue weighted by Crippen LogP contribution is -2.00. The molecule has 3 aromatic rings. The summed E-state index contributed by atoms with van der Waals surface area (Å²) in [4.78, 5) is 20.3. The Labute approximate surface area is 145 Å². The van der Waals surface area contributed by atoms with E-state index in [9.17, 15) is 9.18 Å². The molecule has 0 saturated carbocycles. The molecule has 0 aliphatic carbocycles. The van der Waals surface area contributed by atoms with E-state index >= 15 is 0 Å². The third-order valence-corrected chi connectivity index (χ3v) is 3.98. The molecular formula is C21H17FN2O. The average Bonchev–Trinajstić information content (AvgIpc) is 2.67. The van der Waals surface area contributed by atoms with Gasteiger partial charge in [0.25, 0.3) is 0 Å². The van der Waals surface area contributed by atoms with Crippen LogP contribution in [0.5, 0.6) is 0 Å². The smallest absolute Gasteiger partial charge is 0.186 e. The Morgan fingerprint density at radius 3 is 2.52 bits per heavy atom. The largest absolute Gasteiger partial charge is 0.289 e. The molecule has 0 aliphatic rings. The number of hydrogen-bond acceptors (Lipinski definition) is 3. The van der Waals surface area contributed by atoms with E-state index in [-0.39, 0.29) is 11.6 Å². The average molecular weight is 332 g/mol. The highest BCUT2D eigenvalue weighted by Crippen LogP contribution is 2.22. The number of ketones is 1. The number of aromatic nitrogens is 2. The molecule has 0 spiro atoms. The van der Waals surface area contributed by atoms with Crippen molar-refractivity contribution in [3.63, 3.8) is 0 Å². The fourth-order valence-corrected chi connectivity index (χ4v) is 2.59. The van der Waals surface area contributed by atoms with Crippen molar-refractivity contribution in [3.05, 3.63) is 89.8 Å². The van der Waals surface area contributed by atoms with Crippen LogP contribution in [0.25, 0.3) is 17.2 Å². The van der Waals surface area contributed by atoms with Crippen molar-refractivity contribution >= 4 is 11.9 Å². The van der Waals surface area contributed by atoms with Gasteiger partial charge in [-0.15, -0.1) is 0 Å². The quantitative estimate of drug-likeness (QED) is 0.500. The van der Waals surface area contributed by atoms with Crippen LogP contribution in [-0.4, -0.2) is 15.8 Å². The first-order valence-corrected chi connectivity index (χ1v) is 8.04. The van der Waals surface area contributed by atoms with Crippen LogP contribution in [0.2, 0.25) is 0 Å². The van der Waals surface area contributed by atoms with Gasteiger partial charge < -0.3 is 0 Å². The van der Waals surface area contributed by atoms with Crippen LogP contribution in [-0.2, 0) is 6.42 Å². The molecule has 0 unspecified atom stereocenters. The number of hydrogen-bond donors (Lipinski definition) is 0. The van der Waals surface area contributed by atoms with Crippen LogP contribution >= 0.6 is 0 Å². The minimum absolute atomic E-state index is 0.156. The van der Waals surface area contributed by atoms with Gasteiger partial charge in [0.1, 0.15) is 5.82 Å². The fraction of sp³-hybridized carbons (Fsp3) is 0.0952. The summed E-state index contributed by atoms with van der Waals surface area (Å²) in [5, 5.41) is 0. The van der Waals surface area contributed by atoms with Crippen molar-refractivity contribution in [2.45, 2.75) is 13.3 Å². The third kappa shape index (κ3) is 3.86. The third-order valence-electron chi connectivity index (χ3n) is 3.98. The van der Waals surface area contributed by atoms with Crippen LogP contribution in [0.15, 0.2) is 67.3 Å². The van der Waals surface area contributed by atoms with Crippen LogP contribution in [0, 0.1) is 5.82 Å². The Kier molecular flexibility index (Phi) is 5.09. The Bertz CT molecular complexity index is 920. The molecule has 124 valence electrons. The van der Waals surface area contributed by atoms with E-state index in [2.05, 4.69) is 9.97 Å². The molecule has 2 aromatic heterocycles. The van der Waals surface area contributed by atoms with Gasteiger partial charge in [0, 0.05) is 35.9 Å². The lowest BCUT2D eigenvalue weighted by molar-refractivity contribution is 0.104. The summed E-state index contributed by atoms with van der Waals surface area (Å²) in [6.07, 6.45) is 10.2. The monoisotopic (exact) mass is 332 g/mol. The summed E-state index contributed by atoms with van der Waals surface area (Å²) < 4.78 is 14.3. The lowest BCUT2D eigenvalue weighted by Gasteiger charge is -2.04. The second-order valence-electron chi connectivity index (χ2n) is 5.56. The molecule has 0 radical (unpaired) electrons. The van der Waals surface area contributed by atoms with Gasteiger partial charge in [-0.3, -0.25) is 14.8 Å². The van der Waals surface area contributed by atoms with E-state index < -0.39 is 0 Å². The minimum atomic E-state index is -0.371. The predicted octanol–water partition coefficient (Wildman–Crippen LogP) is 4.74. The molecule has 0 amide bonds.